The first-order valence-corrected chi connectivity index (χ1v) is 8.00. The highest BCUT2D eigenvalue weighted by atomic mass is 16.5. The predicted octanol–water partition coefficient (Wildman–Crippen LogP) is 2.72. The summed E-state index contributed by atoms with van der Waals surface area (Å²) in [6.45, 7) is 11.1. The molecule has 6 nitrogen and oxygen atoms in total. The van der Waals surface area contributed by atoms with Crippen LogP contribution in [-0.4, -0.2) is 40.7 Å². The lowest BCUT2D eigenvalue weighted by Gasteiger charge is -2.21. The van der Waals surface area contributed by atoms with Crippen LogP contribution in [0, 0.1) is 5.92 Å². The Bertz CT molecular complexity index is 452. The van der Waals surface area contributed by atoms with Gasteiger partial charge in [-0.2, -0.15) is 15.0 Å². The van der Waals surface area contributed by atoms with Crippen LogP contribution in [0.25, 0.3) is 0 Å². The van der Waals surface area contributed by atoms with E-state index in [1.807, 2.05) is 20.8 Å². The Balaban J connectivity index is 2.21. The number of aromatic nitrogens is 3. The Hall–Kier alpha value is -1.59. The molecule has 0 aliphatic carbocycles. The normalized spacial score (nSPS) is 19.5. The molecule has 0 spiro atoms. The zero-order valence-electron chi connectivity index (χ0n) is 13.6. The molecule has 118 valence electrons. The Morgan fingerprint density at radius 3 is 2.76 bits per heavy atom. The van der Waals surface area contributed by atoms with Crippen LogP contribution in [-0.2, 0) is 0 Å². The van der Waals surface area contributed by atoms with E-state index >= 15 is 0 Å². The van der Waals surface area contributed by atoms with Crippen LogP contribution in [0.5, 0.6) is 6.01 Å². The van der Waals surface area contributed by atoms with Gasteiger partial charge in [0, 0.05) is 19.6 Å². The third kappa shape index (κ3) is 4.72. The number of nitrogens with one attached hydrogen (secondary N) is 1. The van der Waals surface area contributed by atoms with E-state index < -0.39 is 0 Å². The Morgan fingerprint density at radius 1 is 1.24 bits per heavy atom. The molecular weight excluding hydrogens is 266 g/mol. The molecule has 1 aromatic heterocycles. The Kier molecular flexibility index (Phi) is 5.59. The first-order valence-electron chi connectivity index (χ1n) is 8.00. The molecule has 0 amide bonds. The lowest BCUT2D eigenvalue weighted by atomic mass is 10.0. The van der Waals surface area contributed by atoms with Crippen molar-refractivity contribution < 1.29 is 4.74 Å². The second kappa shape index (κ2) is 7.43. The summed E-state index contributed by atoms with van der Waals surface area (Å²) < 4.78 is 5.66. The average molecular weight is 293 g/mol. The van der Waals surface area contributed by atoms with E-state index in [2.05, 4.69) is 32.1 Å². The summed E-state index contributed by atoms with van der Waals surface area (Å²) in [5.41, 5.74) is 0. The van der Waals surface area contributed by atoms with Gasteiger partial charge in [0.2, 0.25) is 11.9 Å². The molecule has 0 radical (unpaired) electrons. The highest BCUT2D eigenvalue weighted by Crippen LogP contribution is 2.22. The molecule has 1 aliphatic heterocycles. The van der Waals surface area contributed by atoms with Crippen molar-refractivity contribution in [1.82, 2.24) is 15.0 Å². The minimum absolute atomic E-state index is 0.0545. The second-order valence-corrected chi connectivity index (χ2v) is 5.96. The third-order valence-corrected chi connectivity index (χ3v) is 3.58. The molecule has 1 saturated heterocycles. The summed E-state index contributed by atoms with van der Waals surface area (Å²) in [7, 11) is 0. The summed E-state index contributed by atoms with van der Waals surface area (Å²) in [6, 6.07) is 0.406. The van der Waals surface area contributed by atoms with E-state index in [1.54, 1.807) is 0 Å². The second-order valence-electron chi connectivity index (χ2n) is 5.96. The van der Waals surface area contributed by atoms with Crippen molar-refractivity contribution in [3.8, 4) is 6.01 Å². The molecular formula is C15H27N5O. The third-order valence-electron chi connectivity index (χ3n) is 3.58. The van der Waals surface area contributed by atoms with E-state index in [1.165, 1.54) is 19.3 Å². The molecule has 2 rings (SSSR count). The molecule has 21 heavy (non-hydrogen) atoms. The number of nitrogens with zero attached hydrogens (tertiary/aromatic N) is 4. The van der Waals surface area contributed by atoms with Crippen molar-refractivity contribution in [2.24, 2.45) is 5.92 Å². The molecule has 2 heterocycles. The molecule has 0 aromatic carbocycles. The fourth-order valence-corrected chi connectivity index (χ4v) is 2.45. The van der Waals surface area contributed by atoms with Crippen molar-refractivity contribution in [3.05, 3.63) is 0 Å². The van der Waals surface area contributed by atoms with Crippen molar-refractivity contribution in [3.63, 3.8) is 0 Å². The first kappa shape index (κ1) is 15.8. The highest BCUT2D eigenvalue weighted by molar-refractivity contribution is 5.38. The van der Waals surface area contributed by atoms with E-state index in [0.717, 1.165) is 31.5 Å². The lowest BCUT2D eigenvalue weighted by molar-refractivity contribution is 0.222. The molecule has 1 N–H and O–H groups in total. The first-order chi connectivity index (χ1) is 10.1. The van der Waals surface area contributed by atoms with Gasteiger partial charge in [0.25, 0.3) is 0 Å². The fraction of sp³-hybridized carbons (Fsp3) is 0.800. The van der Waals surface area contributed by atoms with Gasteiger partial charge in [0.05, 0.1) is 6.10 Å². The van der Waals surface area contributed by atoms with E-state index in [-0.39, 0.29) is 6.10 Å². The monoisotopic (exact) mass is 293 g/mol. The van der Waals surface area contributed by atoms with Gasteiger partial charge in [-0.1, -0.05) is 6.92 Å². The minimum Gasteiger partial charge on any atom is -0.461 e. The molecule has 1 aliphatic rings. The zero-order valence-corrected chi connectivity index (χ0v) is 13.6. The maximum atomic E-state index is 5.66. The zero-order chi connectivity index (χ0) is 15.2. The molecule has 0 bridgehead atoms. The van der Waals surface area contributed by atoms with E-state index in [9.17, 15) is 0 Å². The number of hydrogen-bond acceptors (Lipinski definition) is 6. The Morgan fingerprint density at radius 2 is 2.05 bits per heavy atom. The lowest BCUT2D eigenvalue weighted by Crippen LogP contribution is -2.27. The molecule has 6 heteroatoms. The molecule has 1 fully saturated rings. The van der Waals surface area contributed by atoms with Crippen LogP contribution in [0.3, 0.4) is 0 Å². The topological polar surface area (TPSA) is 63.2 Å². The van der Waals surface area contributed by atoms with Crippen LogP contribution in [0.15, 0.2) is 0 Å². The van der Waals surface area contributed by atoms with Crippen molar-refractivity contribution in [1.29, 1.82) is 0 Å². The van der Waals surface area contributed by atoms with Crippen LogP contribution in [0.1, 0.15) is 47.0 Å². The van der Waals surface area contributed by atoms with Gasteiger partial charge in [-0.3, -0.25) is 0 Å². The smallest absolute Gasteiger partial charge is 0.323 e. The van der Waals surface area contributed by atoms with Gasteiger partial charge in [0.1, 0.15) is 0 Å². The van der Waals surface area contributed by atoms with Gasteiger partial charge in [-0.05, 0) is 46.0 Å². The highest BCUT2D eigenvalue weighted by Gasteiger charge is 2.18. The van der Waals surface area contributed by atoms with Gasteiger partial charge < -0.3 is 15.0 Å². The standard InChI is InChI=1S/C15H27N5O/c1-5-16-13-17-14(19-15(18-13)21-11(2)3)20-9-6-7-12(4)8-10-20/h11-12H,5-10H2,1-4H3,(H,16,17,18,19). The number of ether oxygens (including phenoxy) is 1. The van der Waals surface area contributed by atoms with Crippen LogP contribution >= 0.6 is 0 Å². The van der Waals surface area contributed by atoms with Gasteiger partial charge in [-0.25, -0.2) is 0 Å². The maximum absolute atomic E-state index is 5.66. The summed E-state index contributed by atoms with van der Waals surface area (Å²) >= 11 is 0. The Labute approximate surface area is 127 Å². The number of hydrogen-bond donors (Lipinski definition) is 1. The van der Waals surface area contributed by atoms with E-state index in [0.29, 0.717) is 12.0 Å². The minimum atomic E-state index is 0.0545. The largest absolute Gasteiger partial charge is 0.461 e. The SMILES string of the molecule is CCNc1nc(OC(C)C)nc(N2CCCC(C)CC2)n1. The van der Waals surface area contributed by atoms with Gasteiger partial charge in [-0.15, -0.1) is 0 Å². The summed E-state index contributed by atoms with van der Waals surface area (Å²) in [5.74, 6) is 2.10. The summed E-state index contributed by atoms with van der Waals surface area (Å²) in [6.07, 6.45) is 3.70. The van der Waals surface area contributed by atoms with Crippen LogP contribution in [0.2, 0.25) is 0 Å². The molecule has 0 saturated carbocycles. The maximum Gasteiger partial charge on any atom is 0.323 e. The number of rotatable bonds is 5. The average Bonchev–Trinajstić information content (AvgIpc) is 2.63. The van der Waals surface area contributed by atoms with Gasteiger partial charge in [0.15, 0.2) is 0 Å². The quantitative estimate of drug-likeness (QED) is 0.900. The van der Waals surface area contributed by atoms with E-state index in [4.69, 9.17) is 4.74 Å². The molecule has 1 atom stereocenters. The van der Waals surface area contributed by atoms with Crippen molar-refractivity contribution in [2.45, 2.75) is 53.1 Å². The summed E-state index contributed by atoms with van der Waals surface area (Å²) in [5, 5.41) is 3.16. The number of anilines is 2. The summed E-state index contributed by atoms with van der Waals surface area (Å²) in [4.78, 5) is 15.6. The van der Waals surface area contributed by atoms with Crippen molar-refractivity contribution in [2.75, 3.05) is 29.9 Å². The fourth-order valence-electron chi connectivity index (χ4n) is 2.45. The predicted molar refractivity (Wildman–Crippen MR) is 85.0 cm³/mol. The van der Waals surface area contributed by atoms with Gasteiger partial charge >= 0.3 is 6.01 Å². The molecule has 1 unspecified atom stereocenters. The molecule has 1 aromatic rings. The van der Waals surface area contributed by atoms with Crippen LogP contribution in [0.4, 0.5) is 11.9 Å². The van der Waals surface area contributed by atoms with Crippen molar-refractivity contribution >= 4 is 11.9 Å². The van der Waals surface area contributed by atoms with Crippen LogP contribution < -0.4 is 15.0 Å².